The maximum absolute atomic E-state index is 11.8. The molecule has 0 saturated heterocycles. The average Bonchev–Trinajstić information content (AvgIpc) is 2.46. The molecule has 2 N–H and O–H groups in total. The van der Waals surface area contributed by atoms with Crippen LogP contribution < -0.4 is 5.69 Å². The summed E-state index contributed by atoms with van der Waals surface area (Å²) >= 11 is 0. The van der Waals surface area contributed by atoms with Gasteiger partial charge in [-0.1, -0.05) is 6.92 Å². The molecule has 0 bridgehead atoms. The number of rotatable bonds is 8. The number of aliphatic imine (C=N–C) groups is 1. The lowest BCUT2D eigenvalue weighted by molar-refractivity contribution is -0.0890. The molecular formula is C13H22N4O4. The van der Waals surface area contributed by atoms with E-state index in [9.17, 15) is 9.90 Å². The maximum Gasteiger partial charge on any atom is 0.351 e. The van der Waals surface area contributed by atoms with Gasteiger partial charge in [-0.05, 0) is 12.5 Å². The van der Waals surface area contributed by atoms with Gasteiger partial charge in [-0.3, -0.25) is 4.57 Å². The molecule has 1 heterocycles. The van der Waals surface area contributed by atoms with Gasteiger partial charge in [0.05, 0.1) is 19.0 Å². The molecule has 0 saturated carbocycles. The summed E-state index contributed by atoms with van der Waals surface area (Å²) in [6.07, 6.45) is 2.00. The fourth-order valence-electron chi connectivity index (χ4n) is 1.49. The third-order valence-electron chi connectivity index (χ3n) is 2.74. The summed E-state index contributed by atoms with van der Waals surface area (Å²) in [6.45, 7) is 1.37. The van der Waals surface area contributed by atoms with Crippen molar-refractivity contribution < 1.29 is 14.9 Å². The van der Waals surface area contributed by atoms with Gasteiger partial charge in [-0.15, -0.1) is 0 Å². The Bertz CT molecular complexity index is 515. The van der Waals surface area contributed by atoms with Gasteiger partial charge in [0.1, 0.15) is 12.8 Å². The number of hydrogen-bond donors (Lipinski definition) is 2. The second-order valence-electron chi connectivity index (χ2n) is 4.74. The van der Waals surface area contributed by atoms with E-state index in [-0.39, 0.29) is 13.3 Å². The van der Waals surface area contributed by atoms with E-state index < -0.39 is 17.9 Å². The van der Waals surface area contributed by atoms with Gasteiger partial charge in [0.25, 0.3) is 0 Å². The van der Waals surface area contributed by atoms with Crippen molar-refractivity contribution in [3.8, 4) is 0 Å². The molecule has 1 rings (SSSR count). The van der Waals surface area contributed by atoms with Crippen LogP contribution in [0.4, 0.5) is 5.82 Å². The summed E-state index contributed by atoms with van der Waals surface area (Å²) in [5, 5.41) is 18.7. The van der Waals surface area contributed by atoms with Crippen molar-refractivity contribution >= 4 is 12.2 Å². The van der Waals surface area contributed by atoms with Crippen LogP contribution in [0.1, 0.15) is 13.3 Å². The van der Waals surface area contributed by atoms with Crippen molar-refractivity contribution in [1.29, 1.82) is 0 Å². The third-order valence-corrected chi connectivity index (χ3v) is 2.74. The maximum atomic E-state index is 11.8. The normalized spacial score (nSPS) is 14.3. The Labute approximate surface area is 123 Å². The zero-order chi connectivity index (χ0) is 15.8. The smallest absolute Gasteiger partial charge is 0.351 e. The minimum absolute atomic E-state index is 0.0915. The summed E-state index contributed by atoms with van der Waals surface area (Å²) in [6, 6.07) is 1.58. The van der Waals surface area contributed by atoms with Gasteiger partial charge in [0.2, 0.25) is 0 Å². The molecule has 0 aliphatic carbocycles. The van der Waals surface area contributed by atoms with Gasteiger partial charge in [-0.2, -0.15) is 4.98 Å². The Hall–Kier alpha value is -1.77. The monoisotopic (exact) mass is 298 g/mol. The highest BCUT2D eigenvalue weighted by atomic mass is 16.5. The average molecular weight is 298 g/mol. The number of aromatic nitrogens is 2. The molecule has 1 aromatic rings. The van der Waals surface area contributed by atoms with Crippen molar-refractivity contribution in [1.82, 2.24) is 14.5 Å². The lowest BCUT2D eigenvalue weighted by atomic mass is 10.2. The minimum Gasteiger partial charge on any atom is -0.394 e. The molecule has 118 valence electrons. The zero-order valence-corrected chi connectivity index (χ0v) is 12.5. The number of ether oxygens (including phenoxy) is 1. The molecule has 0 aromatic carbocycles. The summed E-state index contributed by atoms with van der Waals surface area (Å²) in [5.41, 5.74) is -0.508. The summed E-state index contributed by atoms with van der Waals surface area (Å²) in [4.78, 5) is 21.3. The minimum atomic E-state index is -0.775. The van der Waals surface area contributed by atoms with Crippen molar-refractivity contribution in [2.45, 2.75) is 32.3 Å². The van der Waals surface area contributed by atoms with E-state index in [0.717, 1.165) is 0 Å². The van der Waals surface area contributed by atoms with Crippen LogP contribution in [0, 0.1) is 0 Å². The molecule has 0 spiro atoms. The van der Waals surface area contributed by atoms with Gasteiger partial charge >= 0.3 is 5.69 Å². The van der Waals surface area contributed by atoms with E-state index in [1.54, 1.807) is 24.2 Å². The lowest BCUT2D eigenvalue weighted by Gasteiger charge is -2.20. The molecule has 1 aromatic heterocycles. The fraction of sp³-hybridized carbons (Fsp3) is 0.615. The molecule has 0 amide bonds. The second-order valence-corrected chi connectivity index (χ2v) is 4.74. The van der Waals surface area contributed by atoms with Crippen molar-refractivity contribution in [3.05, 3.63) is 22.7 Å². The number of hydrogen-bond acceptors (Lipinski definition) is 6. The van der Waals surface area contributed by atoms with Crippen LogP contribution in [0.3, 0.4) is 0 Å². The largest absolute Gasteiger partial charge is 0.394 e. The van der Waals surface area contributed by atoms with Crippen LogP contribution in [-0.2, 0) is 11.5 Å². The van der Waals surface area contributed by atoms with E-state index >= 15 is 0 Å². The zero-order valence-electron chi connectivity index (χ0n) is 12.5. The Morgan fingerprint density at radius 2 is 2.29 bits per heavy atom. The molecule has 0 aliphatic rings. The van der Waals surface area contributed by atoms with E-state index in [1.807, 2.05) is 14.1 Å². The molecule has 0 radical (unpaired) electrons. The first kappa shape index (κ1) is 17.3. The number of nitrogens with zero attached hydrogens (tertiary/aromatic N) is 4. The van der Waals surface area contributed by atoms with Crippen LogP contribution in [0.5, 0.6) is 0 Å². The van der Waals surface area contributed by atoms with Gasteiger partial charge < -0.3 is 19.8 Å². The van der Waals surface area contributed by atoms with Crippen molar-refractivity contribution in [2.75, 3.05) is 20.7 Å². The topological polar surface area (TPSA) is 100 Å². The molecule has 2 atom stereocenters. The third kappa shape index (κ3) is 5.62. The van der Waals surface area contributed by atoms with Crippen molar-refractivity contribution in [2.24, 2.45) is 4.99 Å². The quantitative estimate of drug-likeness (QED) is 0.499. The number of aliphatic hydroxyl groups is 2. The van der Waals surface area contributed by atoms with Crippen molar-refractivity contribution in [3.63, 3.8) is 0 Å². The first-order valence-corrected chi connectivity index (χ1v) is 6.66. The summed E-state index contributed by atoms with van der Waals surface area (Å²) < 4.78 is 6.56. The highest BCUT2D eigenvalue weighted by molar-refractivity contribution is 5.58. The molecule has 8 nitrogen and oxygen atoms in total. The number of aliphatic hydroxyl groups excluding tert-OH is 2. The van der Waals surface area contributed by atoms with Gasteiger partial charge in [0, 0.05) is 20.3 Å². The highest BCUT2D eigenvalue weighted by Gasteiger charge is 2.17. The van der Waals surface area contributed by atoms with E-state index in [2.05, 4.69) is 9.98 Å². The predicted molar refractivity (Wildman–Crippen MR) is 78.6 cm³/mol. The molecule has 8 heteroatoms. The van der Waals surface area contributed by atoms with E-state index in [0.29, 0.717) is 12.2 Å². The molecule has 0 unspecified atom stereocenters. The van der Waals surface area contributed by atoms with Crippen LogP contribution >= 0.6 is 0 Å². The fourth-order valence-corrected chi connectivity index (χ4v) is 1.49. The van der Waals surface area contributed by atoms with Crippen LogP contribution in [0.2, 0.25) is 0 Å². The SMILES string of the molecule is CC[C@@H](O)[C@@H](CO)OCn1ccc(/N=C\N(C)C)nc1=O. The summed E-state index contributed by atoms with van der Waals surface area (Å²) in [7, 11) is 3.62. The Morgan fingerprint density at radius 3 is 2.81 bits per heavy atom. The van der Waals surface area contributed by atoms with Crippen LogP contribution in [-0.4, -0.2) is 63.9 Å². The first-order chi connectivity index (χ1) is 9.97. The Morgan fingerprint density at radius 1 is 1.57 bits per heavy atom. The van der Waals surface area contributed by atoms with Crippen LogP contribution in [0.15, 0.2) is 22.1 Å². The predicted octanol–water partition coefficient (Wildman–Crippen LogP) is -0.429. The lowest BCUT2D eigenvalue weighted by Crippen LogP contribution is -2.34. The standard InChI is InChI=1S/C13H22N4O4/c1-4-10(19)11(7-18)21-9-17-6-5-12(15-13(17)20)14-8-16(2)3/h5-6,8,10-11,18-19H,4,7,9H2,1-3H3/b14-8-/t10-,11-/m1/s1. The van der Waals surface area contributed by atoms with Gasteiger partial charge in [-0.25, -0.2) is 9.79 Å². The molecule has 21 heavy (non-hydrogen) atoms. The Kier molecular flexibility index (Phi) is 7.00. The summed E-state index contributed by atoms with van der Waals surface area (Å²) in [5.74, 6) is 0.303. The molecule has 0 fully saturated rings. The first-order valence-electron chi connectivity index (χ1n) is 6.66. The Balaban J connectivity index is 2.71. The highest BCUT2D eigenvalue weighted by Crippen LogP contribution is 2.05. The second kappa shape index (κ2) is 8.50. The van der Waals surface area contributed by atoms with E-state index in [1.165, 1.54) is 10.8 Å². The molecule has 0 aliphatic heterocycles. The van der Waals surface area contributed by atoms with Crippen LogP contribution in [0.25, 0.3) is 0 Å². The van der Waals surface area contributed by atoms with E-state index in [4.69, 9.17) is 9.84 Å². The molecular weight excluding hydrogens is 276 g/mol. The van der Waals surface area contributed by atoms with Gasteiger partial charge in [0.15, 0.2) is 5.82 Å².